The van der Waals surface area contributed by atoms with E-state index in [1.54, 1.807) is 32.2 Å². The van der Waals surface area contributed by atoms with Crippen LogP contribution in [0.1, 0.15) is 34.9 Å². The first-order valence-electron chi connectivity index (χ1n) is 8.40. The number of carbonyl (C=O) groups excluding carboxylic acids is 1. The molecule has 3 rings (SSSR count). The van der Waals surface area contributed by atoms with Crippen molar-refractivity contribution in [2.45, 2.75) is 32.3 Å². The van der Waals surface area contributed by atoms with Gasteiger partial charge >= 0.3 is 0 Å². The van der Waals surface area contributed by atoms with Crippen LogP contribution in [0.15, 0.2) is 24.8 Å². The van der Waals surface area contributed by atoms with E-state index in [0.717, 1.165) is 30.4 Å². The normalized spacial score (nSPS) is 13.4. The number of fused-ring (bicyclic) bond motifs is 1. The summed E-state index contributed by atoms with van der Waals surface area (Å²) in [5.41, 5.74) is 2.58. The first kappa shape index (κ1) is 18.0. The maximum absolute atomic E-state index is 12.5. The quantitative estimate of drug-likeness (QED) is 0.831. The lowest BCUT2D eigenvalue weighted by Crippen LogP contribution is -2.30. The molecule has 1 aliphatic rings. The van der Waals surface area contributed by atoms with Crippen molar-refractivity contribution in [1.29, 1.82) is 5.26 Å². The number of hydrogen-bond donors (Lipinski definition) is 1. The van der Waals surface area contributed by atoms with Gasteiger partial charge < -0.3 is 14.8 Å². The van der Waals surface area contributed by atoms with Gasteiger partial charge in [0.1, 0.15) is 11.1 Å². The molecule has 0 aliphatic heterocycles. The van der Waals surface area contributed by atoms with E-state index in [1.165, 1.54) is 16.2 Å². The summed E-state index contributed by atoms with van der Waals surface area (Å²) in [4.78, 5) is 13.7. The molecule has 0 saturated carbocycles. The van der Waals surface area contributed by atoms with Crippen LogP contribution in [0.25, 0.3) is 6.08 Å². The number of anilines is 1. The molecule has 2 aromatic rings. The highest BCUT2D eigenvalue weighted by Crippen LogP contribution is 2.38. The summed E-state index contributed by atoms with van der Waals surface area (Å²) >= 11 is 1.49. The standard InChI is InChI=1S/C20H20N2O3S/c1-4-13-8-9-16(17(10-13)24-3)25-12(2)19(23)22-20-15(11-21)14-6-5-7-18(14)26-20/h4,8-10,12H,1,5-7H2,2-3H3,(H,22,23). The van der Waals surface area contributed by atoms with Gasteiger partial charge in [-0.15, -0.1) is 11.3 Å². The number of nitrogens with one attached hydrogen (secondary N) is 1. The maximum Gasteiger partial charge on any atom is 0.265 e. The summed E-state index contributed by atoms with van der Waals surface area (Å²) < 4.78 is 11.1. The van der Waals surface area contributed by atoms with E-state index in [9.17, 15) is 10.1 Å². The summed E-state index contributed by atoms with van der Waals surface area (Å²) in [6.07, 6.45) is 3.93. The third-order valence-electron chi connectivity index (χ3n) is 4.37. The Morgan fingerprint density at radius 3 is 2.92 bits per heavy atom. The predicted molar refractivity (Wildman–Crippen MR) is 103 cm³/mol. The van der Waals surface area contributed by atoms with Crippen LogP contribution in [0.3, 0.4) is 0 Å². The largest absolute Gasteiger partial charge is 0.493 e. The minimum absolute atomic E-state index is 0.295. The van der Waals surface area contributed by atoms with Crippen LogP contribution in [0, 0.1) is 11.3 Å². The van der Waals surface area contributed by atoms with Crippen LogP contribution in [-0.2, 0) is 17.6 Å². The van der Waals surface area contributed by atoms with Crippen molar-refractivity contribution >= 4 is 28.3 Å². The summed E-state index contributed by atoms with van der Waals surface area (Å²) in [5, 5.41) is 12.9. The topological polar surface area (TPSA) is 71.3 Å². The molecule has 1 N–H and O–H groups in total. The first-order valence-corrected chi connectivity index (χ1v) is 9.21. The highest BCUT2D eigenvalue weighted by molar-refractivity contribution is 7.16. The molecule has 0 bridgehead atoms. The fourth-order valence-electron chi connectivity index (χ4n) is 2.98. The molecule has 6 heteroatoms. The molecule has 1 unspecified atom stereocenters. The number of benzene rings is 1. The fraction of sp³-hybridized carbons (Fsp3) is 0.300. The maximum atomic E-state index is 12.5. The van der Waals surface area contributed by atoms with Crippen molar-refractivity contribution in [3.8, 4) is 17.6 Å². The van der Waals surface area contributed by atoms with E-state index < -0.39 is 6.10 Å². The van der Waals surface area contributed by atoms with Crippen molar-refractivity contribution in [2.75, 3.05) is 12.4 Å². The van der Waals surface area contributed by atoms with Gasteiger partial charge in [-0.2, -0.15) is 5.26 Å². The average molecular weight is 368 g/mol. The average Bonchev–Trinajstić information content (AvgIpc) is 3.22. The van der Waals surface area contributed by atoms with Crippen molar-refractivity contribution < 1.29 is 14.3 Å². The second kappa shape index (κ2) is 7.63. The summed E-state index contributed by atoms with van der Waals surface area (Å²) in [5.74, 6) is 0.723. The Bertz CT molecular complexity index is 895. The number of carbonyl (C=O) groups is 1. The van der Waals surface area contributed by atoms with Gasteiger partial charge in [0.25, 0.3) is 5.91 Å². The van der Waals surface area contributed by atoms with Crippen molar-refractivity contribution in [3.63, 3.8) is 0 Å². The van der Waals surface area contributed by atoms with Gasteiger partial charge in [0.05, 0.1) is 12.7 Å². The Morgan fingerprint density at radius 1 is 1.42 bits per heavy atom. The lowest BCUT2D eigenvalue weighted by molar-refractivity contribution is -0.122. The lowest BCUT2D eigenvalue weighted by atomic mass is 10.1. The Morgan fingerprint density at radius 2 is 2.23 bits per heavy atom. The monoisotopic (exact) mass is 368 g/mol. The Balaban J connectivity index is 1.73. The smallest absolute Gasteiger partial charge is 0.265 e. The zero-order valence-electron chi connectivity index (χ0n) is 14.8. The molecule has 0 radical (unpaired) electrons. The van der Waals surface area contributed by atoms with Crippen LogP contribution >= 0.6 is 11.3 Å². The number of ether oxygens (including phenoxy) is 2. The van der Waals surface area contributed by atoms with Gasteiger partial charge in [-0.25, -0.2) is 0 Å². The molecule has 0 spiro atoms. The van der Waals surface area contributed by atoms with Gasteiger partial charge in [-0.1, -0.05) is 18.7 Å². The van der Waals surface area contributed by atoms with Crippen LogP contribution in [0.5, 0.6) is 11.5 Å². The second-order valence-electron chi connectivity index (χ2n) is 6.04. The van der Waals surface area contributed by atoms with Crippen LogP contribution < -0.4 is 14.8 Å². The second-order valence-corrected chi connectivity index (χ2v) is 7.14. The number of methoxy groups -OCH3 is 1. The van der Waals surface area contributed by atoms with Gasteiger partial charge in [0.2, 0.25) is 0 Å². The van der Waals surface area contributed by atoms with Gasteiger partial charge in [0, 0.05) is 4.88 Å². The molecular formula is C20H20N2O3S. The number of amides is 1. The highest BCUT2D eigenvalue weighted by Gasteiger charge is 2.25. The highest BCUT2D eigenvalue weighted by atomic mass is 32.1. The predicted octanol–water partition coefficient (Wildman–Crippen LogP) is 4.17. The van der Waals surface area contributed by atoms with E-state index in [1.807, 2.05) is 6.07 Å². The van der Waals surface area contributed by atoms with E-state index >= 15 is 0 Å². The van der Waals surface area contributed by atoms with E-state index in [2.05, 4.69) is 18.0 Å². The number of nitriles is 1. The molecule has 0 fully saturated rings. The van der Waals surface area contributed by atoms with Gasteiger partial charge in [-0.05, 0) is 49.4 Å². The number of thiophene rings is 1. The first-order chi connectivity index (χ1) is 12.6. The third-order valence-corrected chi connectivity index (χ3v) is 5.57. The molecule has 1 heterocycles. The van der Waals surface area contributed by atoms with Crippen LogP contribution in [0.4, 0.5) is 5.00 Å². The summed E-state index contributed by atoms with van der Waals surface area (Å²) in [6, 6.07) is 7.61. The van der Waals surface area contributed by atoms with Crippen molar-refractivity contribution in [3.05, 3.63) is 46.3 Å². The zero-order valence-corrected chi connectivity index (χ0v) is 15.6. The number of aryl methyl sites for hydroxylation is 1. The van der Waals surface area contributed by atoms with E-state index in [-0.39, 0.29) is 5.91 Å². The third kappa shape index (κ3) is 3.44. The number of hydrogen-bond acceptors (Lipinski definition) is 5. The SMILES string of the molecule is C=Cc1ccc(OC(C)C(=O)Nc2sc3c(c2C#N)CCC3)c(OC)c1. The van der Waals surface area contributed by atoms with E-state index in [0.29, 0.717) is 22.1 Å². The number of rotatable bonds is 6. The lowest BCUT2D eigenvalue weighted by Gasteiger charge is -2.17. The minimum atomic E-state index is -0.734. The van der Waals surface area contributed by atoms with Crippen LogP contribution in [0.2, 0.25) is 0 Å². The van der Waals surface area contributed by atoms with Crippen LogP contribution in [-0.4, -0.2) is 19.1 Å². The molecule has 1 aliphatic carbocycles. The number of nitrogens with zero attached hydrogens (tertiary/aromatic N) is 1. The minimum Gasteiger partial charge on any atom is -0.493 e. The fourth-order valence-corrected chi connectivity index (χ4v) is 4.22. The molecule has 1 aromatic heterocycles. The molecule has 1 amide bonds. The molecule has 1 atom stereocenters. The molecule has 134 valence electrons. The van der Waals surface area contributed by atoms with E-state index in [4.69, 9.17) is 9.47 Å². The van der Waals surface area contributed by atoms with Gasteiger partial charge in [-0.3, -0.25) is 4.79 Å². The van der Waals surface area contributed by atoms with Crippen molar-refractivity contribution in [2.24, 2.45) is 0 Å². The Kier molecular flexibility index (Phi) is 5.29. The Labute approximate surface area is 156 Å². The van der Waals surface area contributed by atoms with Gasteiger partial charge in [0.15, 0.2) is 17.6 Å². The Hall–Kier alpha value is -2.78. The molecular weight excluding hydrogens is 348 g/mol. The molecule has 1 aromatic carbocycles. The molecule has 26 heavy (non-hydrogen) atoms. The molecule has 5 nitrogen and oxygen atoms in total. The summed E-state index contributed by atoms with van der Waals surface area (Å²) in [6.45, 7) is 5.39. The van der Waals surface area contributed by atoms with Crippen molar-refractivity contribution in [1.82, 2.24) is 0 Å². The summed E-state index contributed by atoms with van der Waals surface area (Å²) in [7, 11) is 1.55. The molecule has 0 saturated heterocycles. The zero-order chi connectivity index (χ0) is 18.7.